The number of carbonyl (C=O) groups is 1. The predicted octanol–water partition coefficient (Wildman–Crippen LogP) is 2.84. The largest absolute Gasteiger partial charge is 0.481 e. The zero-order valence-electron chi connectivity index (χ0n) is 11.3. The Bertz CT molecular complexity index is 625. The molecule has 0 radical (unpaired) electrons. The van der Waals surface area contributed by atoms with Gasteiger partial charge in [0.2, 0.25) is 5.89 Å². The van der Waals surface area contributed by atoms with Gasteiger partial charge in [-0.05, 0) is 30.5 Å². The van der Waals surface area contributed by atoms with Gasteiger partial charge in [-0.15, -0.1) is 10.2 Å². The van der Waals surface area contributed by atoms with Gasteiger partial charge in [0, 0.05) is 12.8 Å². The van der Waals surface area contributed by atoms with Crippen LogP contribution in [0.25, 0.3) is 11.5 Å². The Labute approximate surface area is 115 Å². The fraction of sp³-hybridized carbons (Fsp3) is 0.357. The number of carboxylic acid groups (broad SMARTS) is 1. The summed E-state index contributed by atoms with van der Waals surface area (Å²) >= 11 is 0. The van der Waals surface area contributed by atoms with Crippen LogP contribution >= 0.6 is 0 Å². The maximum absolute atomic E-state index is 13.8. The van der Waals surface area contributed by atoms with Crippen molar-refractivity contribution in [2.75, 3.05) is 0 Å². The summed E-state index contributed by atoms with van der Waals surface area (Å²) < 4.78 is 19.2. The van der Waals surface area contributed by atoms with E-state index >= 15 is 0 Å². The molecule has 0 aliphatic carbocycles. The molecule has 0 fully saturated rings. The van der Waals surface area contributed by atoms with E-state index in [0.717, 1.165) is 5.56 Å². The highest BCUT2D eigenvalue weighted by atomic mass is 19.1. The number of carboxylic acids is 1. The first-order valence-corrected chi connectivity index (χ1v) is 6.26. The maximum atomic E-state index is 13.8. The Balaban J connectivity index is 2.14. The van der Waals surface area contributed by atoms with E-state index in [1.807, 2.05) is 0 Å². The van der Waals surface area contributed by atoms with E-state index in [1.54, 1.807) is 26.0 Å². The van der Waals surface area contributed by atoms with Crippen molar-refractivity contribution in [3.63, 3.8) is 0 Å². The SMILES string of the molecule is Cc1ccc(-c2nnc(CC(C)CC(=O)O)o2)c(F)c1. The van der Waals surface area contributed by atoms with Gasteiger partial charge in [0.25, 0.3) is 5.89 Å². The molecule has 5 nitrogen and oxygen atoms in total. The van der Waals surface area contributed by atoms with Gasteiger partial charge >= 0.3 is 5.97 Å². The lowest BCUT2D eigenvalue weighted by Crippen LogP contribution is -2.07. The molecule has 0 spiro atoms. The Kier molecular flexibility index (Phi) is 4.12. The highest BCUT2D eigenvalue weighted by molar-refractivity contribution is 5.66. The summed E-state index contributed by atoms with van der Waals surface area (Å²) in [7, 11) is 0. The molecule has 1 aromatic carbocycles. The molecular weight excluding hydrogens is 263 g/mol. The fourth-order valence-electron chi connectivity index (χ4n) is 1.91. The smallest absolute Gasteiger partial charge is 0.303 e. The van der Waals surface area contributed by atoms with Crippen LogP contribution in [0.3, 0.4) is 0 Å². The highest BCUT2D eigenvalue weighted by Crippen LogP contribution is 2.23. The molecule has 2 rings (SSSR count). The molecule has 6 heteroatoms. The van der Waals surface area contributed by atoms with Crippen molar-refractivity contribution in [1.82, 2.24) is 10.2 Å². The van der Waals surface area contributed by atoms with Gasteiger partial charge < -0.3 is 9.52 Å². The van der Waals surface area contributed by atoms with Crippen molar-refractivity contribution in [3.8, 4) is 11.5 Å². The number of hydrogen-bond donors (Lipinski definition) is 1. The molecular formula is C14H15FN2O3. The number of nitrogens with zero attached hydrogens (tertiary/aromatic N) is 2. The number of aryl methyl sites for hydroxylation is 1. The number of halogens is 1. The third kappa shape index (κ3) is 3.40. The van der Waals surface area contributed by atoms with E-state index < -0.39 is 11.8 Å². The molecule has 106 valence electrons. The zero-order valence-corrected chi connectivity index (χ0v) is 11.3. The molecule has 0 amide bonds. The van der Waals surface area contributed by atoms with Crippen LogP contribution in [-0.4, -0.2) is 21.3 Å². The lowest BCUT2D eigenvalue weighted by Gasteiger charge is -2.03. The lowest BCUT2D eigenvalue weighted by molar-refractivity contribution is -0.137. The minimum Gasteiger partial charge on any atom is -0.481 e. The highest BCUT2D eigenvalue weighted by Gasteiger charge is 2.16. The zero-order chi connectivity index (χ0) is 14.7. The Hall–Kier alpha value is -2.24. The number of aromatic nitrogens is 2. The van der Waals surface area contributed by atoms with Crippen LogP contribution in [0.5, 0.6) is 0 Å². The second-order valence-corrected chi connectivity index (χ2v) is 4.89. The van der Waals surface area contributed by atoms with Gasteiger partial charge in [-0.1, -0.05) is 13.0 Å². The van der Waals surface area contributed by atoms with Crippen LogP contribution in [-0.2, 0) is 11.2 Å². The second kappa shape index (κ2) is 5.81. The monoisotopic (exact) mass is 278 g/mol. The quantitative estimate of drug-likeness (QED) is 0.910. The minimum atomic E-state index is -0.873. The normalized spacial score (nSPS) is 12.3. The average Bonchev–Trinajstić information content (AvgIpc) is 2.75. The summed E-state index contributed by atoms with van der Waals surface area (Å²) in [6.07, 6.45) is 0.378. The third-order valence-corrected chi connectivity index (χ3v) is 2.87. The Morgan fingerprint density at radius 3 is 2.85 bits per heavy atom. The molecule has 0 aliphatic heterocycles. The number of aliphatic carboxylic acids is 1. The standard InChI is InChI=1S/C14H15FN2O3/c1-8-3-4-10(11(15)5-8)14-17-16-12(20-14)6-9(2)7-13(18)19/h3-5,9H,6-7H2,1-2H3,(H,18,19). The molecule has 1 N–H and O–H groups in total. The van der Waals surface area contributed by atoms with Crippen LogP contribution in [0.15, 0.2) is 22.6 Å². The molecule has 0 aliphatic rings. The molecule has 0 bridgehead atoms. The molecule has 0 saturated carbocycles. The first-order valence-electron chi connectivity index (χ1n) is 6.26. The molecule has 1 atom stereocenters. The van der Waals surface area contributed by atoms with Gasteiger partial charge in [-0.25, -0.2) is 4.39 Å². The van der Waals surface area contributed by atoms with Gasteiger partial charge in [0.1, 0.15) is 5.82 Å². The predicted molar refractivity (Wildman–Crippen MR) is 69.5 cm³/mol. The third-order valence-electron chi connectivity index (χ3n) is 2.87. The summed E-state index contributed by atoms with van der Waals surface area (Å²) in [6.45, 7) is 3.57. The summed E-state index contributed by atoms with van der Waals surface area (Å²) in [5.74, 6) is -0.988. The van der Waals surface area contributed by atoms with Crippen LogP contribution in [0.1, 0.15) is 24.8 Å². The van der Waals surface area contributed by atoms with Crippen molar-refractivity contribution in [2.45, 2.75) is 26.7 Å². The first kappa shape index (κ1) is 14.2. The van der Waals surface area contributed by atoms with E-state index in [9.17, 15) is 9.18 Å². The van der Waals surface area contributed by atoms with Gasteiger partial charge in [0.15, 0.2) is 0 Å². The molecule has 0 saturated heterocycles. The van der Waals surface area contributed by atoms with Gasteiger partial charge in [0.05, 0.1) is 5.56 Å². The van der Waals surface area contributed by atoms with Crippen LogP contribution < -0.4 is 0 Å². The van der Waals surface area contributed by atoms with E-state index in [2.05, 4.69) is 10.2 Å². The van der Waals surface area contributed by atoms with Crippen LogP contribution in [0, 0.1) is 18.7 Å². The van der Waals surface area contributed by atoms with Crippen LogP contribution in [0.4, 0.5) is 4.39 Å². The van der Waals surface area contributed by atoms with E-state index in [0.29, 0.717) is 12.3 Å². The lowest BCUT2D eigenvalue weighted by atomic mass is 10.0. The number of benzene rings is 1. The molecule has 1 heterocycles. The minimum absolute atomic E-state index is 0.0244. The molecule has 1 unspecified atom stereocenters. The molecule has 20 heavy (non-hydrogen) atoms. The molecule has 1 aromatic heterocycles. The first-order chi connectivity index (χ1) is 9.45. The van der Waals surface area contributed by atoms with Crippen molar-refractivity contribution in [2.24, 2.45) is 5.92 Å². The van der Waals surface area contributed by atoms with Crippen molar-refractivity contribution in [1.29, 1.82) is 0 Å². The Morgan fingerprint density at radius 2 is 2.20 bits per heavy atom. The number of rotatable bonds is 5. The van der Waals surface area contributed by atoms with Crippen molar-refractivity contribution < 1.29 is 18.7 Å². The van der Waals surface area contributed by atoms with Crippen molar-refractivity contribution in [3.05, 3.63) is 35.5 Å². The average molecular weight is 278 g/mol. The topological polar surface area (TPSA) is 76.2 Å². The van der Waals surface area contributed by atoms with Crippen molar-refractivity contribution >= 4 is 5.97 Å². The van der Waals surface area contributed by atoms with Crippen LogP contribution in [0.2, 0.25) is 0 Å². The Morgan fingerprint density at radius 1 is 1.45 bits per heavy atom. The maximum Gasteiger partial charge on any atom is 0.303 e. The van der Waals surface area contributed by atoms with E-state index in [-0.39, 0.29) is 23.8 Å². The second-order valence-electron chi connectivity index (χ2n) is 4.89. The summed E-state index contributed by atoms with van der Waals surface area (Å²) in [4.78, 5) is 10.6. The fourth-order valence-corrected chi connectivity index (χ4v) is 1.91. The van der Waals surface area contributed by atoms with Gasteiger partial charge in [-0.2, -0.15) is 0 Å². The van der Waals surface area contributed by atoms with E-state index in [4.69, 9.17) is 9.52 Å². The number of hydrogen-bond acceptors (Lipinski definition) is 4. The summed E-state index contributed by atoms with van der Waals surface area (Å²) in [5, 5.41) is 16.3. The summed E-state index contributed by atoms with van der Waals surface area (Å²) in [5.41, 5.74) is 1.06. The summed E-state index contributed by atoms with van der Waals surface area (Å²) in [6, 6.07) is 4.74. The molecule has 2 aromatic rings. The van der Waals surface area contributed by atoms with E-state index in [1.165, 1.54) is 6.07 Å². The van der Waals surface area contributed by atoms with Gasteiger partial charge in [-0.3, -0.25) is 4.79 Å².